The van der Waals surface area contributed by atoms with E-state index < -0.39 is 4.92 Å². The zero-order valence-corrected chi connectivity index (χ0v) is 10.4. The first kappa shape index (κ1) is 12.1. The number of aromatic nitrogens is 1. The minimum atomic E-state index is -0.406. The first-order chi connectivity index (χ1) is 9.74. The van der Waals surface area contributed by atoms with E-state index >= 15 is 0 Å². The Hall–Kier alpha value is -2.95. The predicted molar refractivity (Wildman–Crippen MR) is 74.0 cm³/mol. The van der Waals surface area contributed by atoms with Crippen LogP contribution in [-0.2, 0) is 0 Å². The molecule has 0 atom stereocenters. The molecule has 2 aromatic carbocycles. The fourth-order valence-electron chi connectivity index (χ4n) is 1.96. The third-order valence-electron chi connectivity index (χ3n) is 3.01. The van der Waals surface area contributed by atoms with Crippen molar-refractivity contribution in [1.29, 1.82) is 0 Å². The van der Waals surface area contributed by atoms with E-state index in [0.717, 1.165) is 16.7 Å². The SMILES string of the molecule is O=[N+]([O-])c1ccc(-c2ccc(-c3cnco3)cc2)cc1. The van der Waals surface area contributed by atoms with Gasteiger partial charge in [-0.05, 0) is 23.3 Å². The number of oxazole rings is 1. The molecule has 0 N–H and O–H groups in total. The summed E-state index contributed by atoms with van der Waals surface area (Å²) in [6, 6.07) is 14.2. The summed E-state index contributed by atoms with van der Waals surface area (Å²) in [7, 11) is 0. The summed E-state index contributed by atoms with van der Waals surface area (Å²) >= 11 is 0. The molecule has 3 aromatic rings. The maximum absolute atomic E-state index is 10.6. The van der Waals surface area contributed by atoms with Gasteiger partial charge in [-0.1, -0.05) is 24.3 Å². The van der Waals surface area contributed by atoms with E-state index in [1.807, 2.05) is 24.3 Å². The summed E-state index contributed by atoms with van der Waals surface area (Å²) in [5, 5.41) is 10.6. The van der Waals surface area contributed by atoms with Crippen molar-refractivity contribution in [3.63, 3.8) is 0 Å². The van der Waals surface area contributed by atoms with Crippen molar-refractivity contribution in [2.45, 2.75) is 0 Å². The van der Waals surface area contributed by atoms with E-state index in [1.54, 1.807) is 18.3 Å². The van der Waals surface area contributed by atoms with Crippen molar-refractivity contribution < 1.29 is 9.34 Å². The molecule has 0 spiro atoms. The van der Waals surface area contributed by atoms with E-state index in [-0.39, 0.29) is 5.69 Å². The summed E-state index contributed by atoms with van der Waals surface area (Å²) in [5.41, 5.74) is 2.95. The highest BCUT2D eigenvalue weighted by atomic mass is 16.6. The lowest BCUT2D eigenvalue weighted by Gasteiger charge is -2.02. The molecule has 0 aliphatic carbocycles. The molecule has 0 amide bonds. The van der Waals surface area contributed by atoms with Crippen LogP contribution in [0.25, 0.3) is 22.5 Å². The third-order valence-corrected chi connectivity index (χ3v) is 3.01. The van der Waals surface area contributed by atoms with Gasteiger partial charge < -0.3 is 4.42 Å². The van der Waals surface area contributed by atoms with Gasteiger partial charge in [-0.3, -0.25) is 10.1 Å². The van der Waals surface area contributed by atoms with Gasteiger partial charge in [0.05, 0.1) is 11.1 Å². The van der Waals surface area contributed by atoms with Crippen molar-refractivity contribution in [1.82, 2.24) is 4.98 Å². The summed E-state index contributed by atoms with van der Waals surface area (Å²) in [6.07, 6.45) is 3.04. The van der Waals surface area contributed by atoms with E-state index in [9.17, 15) is 10.1 Å². The maximum Gasteiger partial charge on any atom is 0.269 e. The van der Waals surface area contributed by atoms with Crippen LogP contribution in [0.2, 0.25) is 0 Å². The molecule has 0 aliphatic heterocycles. The van der Waals surface area contributed by atoms with Crippen LogP contribution in [0.1, 0.15) is 0 Å². The normalized spacial score (nSPS) is 10.4. The average Bonchev–Trinajstić information content (AvgIpc) is 3.02. The molecule has 0 saturated heterocycles. The van der Waals surface area contributed by atoms with Crippen LogP contribution in [0.3, 0.4) is 0 Å². The highest BCUT2D eigenvalue weighted by molar-refractivity contribution is 5.68. The smallest absolute Gasteiger partial charge is 0.269 e. The fourth-order valence-corrected chi connectivity index (χ4v) is 1.96. The Labute approximate surface area is 114 Å². The zero-order chi connectivity index (χ0) is 13.9. The van der Waals surface area contributed by atoms with E-state index in [4.69, 9.17) is 4.42 Å². The summed E-state index contributed by atoms with van der Waals surface area (Å²) < 4.78 is 5.22. The Morgan fingerprint density at radius 3 is 1.95 bits per heavy atom. The Morgan fingerprint density at radius 2 is 1.45 bits per heavy atom. The molecule has 0 radical (unpaired) electrons. The van der Waals surface area contributed by atoms with Gasteiger partial charge in [0.15, 0.2) is 12.2 Å². The van der Waals surface area contributed by atoms with Crippen LogP contribution in [-0.4, -0.2) is 9.91 Å². The Bertz CT molecular complexity index is 717. The van der Waals surface area contributed by atoms with Gasteiger partial charge in [0.25, 0.3) is 5.69 Å². The third kappa shape index (κ3) is 2.29. The molecule has 0 saturated carbocycles. The maximum atomic E-state index is 10.6. The molecular formula is C15H10N2O3. The van der Waals surface area contributed by atoms with Gasteiger partial charge in [0, 0.05) is 17.7 Å². The first-order valence-electron chi connectivity index (χ1n) is 5.98. The van der Waals surface area contributed by atoms with Gasteiger partial charge in [-0.25, -0.2) is 4.98 Å². The van der Waals surface area contributed by atoms with Crippen LogP contribution in [0, 0.1) is 10.1 Å². The average molecular weight is 266 g/mol. The Kier molecular flexibility index (Phi) is 3.01. The lowest BCUT2D eigenvalue weighted by Crippen LogP contribution is -1.87. The second-order valence-corrected chi connectivity index (χ2v) is 4.25. The largest absolute Gasteiger partial charge is 0.444 e. The van der Waals surface area contributed by atoms with Gasteiger partial charge >= 0.3 is 0 Å². The highest BCUT2D eigenvalue weighted by Crippen LogP contribution is 2.25. The zero-order valence-electron chi connectivity index (χ0n) is 10.4. The second-order valence-electron chi connectivity index (χ2n) is 4.25. The number of rotatable bonds is 3. The molecule has 3 rings (SSSR count). The number of hydrogen-bond donors (Lipinski definition) is 0. The van der Waals surface area contributed by atoms with Crippen molar-refractivity contribution in [3.05, 3.63) is 71.2 Å². The number of non-ortho nitro benzene ring substituents is 1. The number of benzene rings is 2. The monoisotopic (exact) mass is 266 g/mol. The van der Waals surface area contributed by atoms with Crippen molar-refractivity contribution >= 4 is 5.69 Å². The molecule has 0 unspecified atom stereocenters. The number of hydrogen-bond acceptors (Lipinski definition) is 4. The van der Waals surface area contributed by atoms with E-state index in [0.29, 0.717) is 5.76 Å². The molecule has 0 aliphatic rings. The standard InChI is InChI=1S/C15H10N2O3/c18-17(19)14-7-5-12(6-8-14)11-1-3-13(4-2-11)15-9-16-10-20-15/h1-10H. The minimum absolute atomic E-state index is 0.0898. The Balaban J connectivity index is 1.89. The molecule has 0 bridgehead atoms. The number of nitrogens with zero attached hydrogens (tertiary/aromatic N) is 2. The molecule has 5 heteroatoms. The fraction of sp³-hybridized carbons (Fsp3) is 0. The van der Waals surface area contributed by atoms with Crippen molar-refractivity contribution in [2.24, 2.45) is 0 Å². The highest BCUT2D eigenvalue weighted by Gasteiger charge is 2.06. The first-order valence-corrected chi connectivity index (χ1v) is 5.98. The van der Waals surface area contributed by atoms with Gasteiger partial charge in [-0.15, -0.1) is 0 Å². The quantitative estimate of drug-likeness (QED) is 0.532. The lowest BCUT2D eigenvalue weighted by atomic mass is 10.0. The summed E-state index contributed by atoms with van der Waals surface area (Å²) in [5.74, 6) is 0.709. The predicted octanol–water partition coefficient (Wildman–Crippen LogP) is 3.92. The van der Waals surface area contributed by atoms with Gasteiger partial charge in [0.2, 0.25) is 0 Å². The Morgan fingerprint density at radius 1 is 0.900 bits per heavy atom. The molecule has 98 valence electrons. The molecule has 0 fully saturated rings. The minimum Gasteiger partial charge on any atom is -0.444 e. The van der Waals surface area contributed by atoms with E-state index in [1.165, 1.54) is 18.5 Å². The van der Waals surface area contributed by atoms with Crippen LogP contribution >= 0.6 is 0 Å². The molecule has 20 heavy (non-hydrogen) atoms. The van der Waals surface area contributed by atoms with E-state index in [2.05, 4.69) is 4.98 Å². The van der Waals surface area contributed by atoms with Gasteiger partial charge in [-0.2, -0.15) is 0 Å². The van der Waals surface area contributed by atoms with Crippen molar-refractivity contribution in [3.8, 4) is 22.5 Å². The van der Waals surface area contributed by atoms with Crippen LogP contribution in [0.4, 0.5) is 5.69 Å². The van der Waals surface area contributed by atoms with Crippen LogP contribution < -0.4 is 0 Å². The van der Waals surface area contributed by atoms with Crippen LogP contribution in [0.15, 0.2) is 65.5 Å². The molecular weight excluding hydrogens is 256 g/mol. The summed E-state index contributed by atoms with van der Waals surface area (Å²) in [4.78, 5) is 14.1. The topological polar surface area (TPSA) is 69.2 Å². The molecule has 1 heterocycles. The lowest BCUT2D eigenvalue weighted by molar-refractivity contribution is -0.384. The number of nitro groups is 1. The van der Waals surface area contributed by atoms with Gasteiger partial charge in [0.1, 0.15) is 0 Å². The van der Waals surface area contributed by atoms with Crippen molar-refractivity contribution in [2.75, 3.05) is 0 Å². The second kappa shape index (κ2) is 4.97. The number of nitro benzene ring substituents is 1. The van der Waals surface area contributed by atoms with Crippen LogP contribution in [0.5, 0.6) is 0 Å². The molecule has 5 nitrogen and oxygen atoms in total. The molecule has 1 aromatic heterocycles. The summed E-state index contributed by atoms with van der Waals surface area (Å²) in [6.45, 7) is 0.